The average Bonchev–Trinajstić information content (AvgIpc) is 3.19. The summed E-state index contributed by atoms with van der Waals surface area (Å²) in [6.45, 7) is 0.692. The van der Waals surface area contributed by atoms with Crippen molar-refractivity contribution < 1.29 is 23.4 Å². The van der Waals surface area contributed by atoms with Gasteiger partial charge >= 0.3 is 5.57 Å². The number of alkyl halides is 3. The molecule has 5 rings (SSSR count). The third kappa shape index (κ3) is 4.42. The zero-order valence-corrected chi connectivity index (χ0v) is 18.3. The molecule has 1 unspecified atom stereocenters. The van der Waals surface area contributed by atoms with Crippen LogP contribution in [0.4, 0.5) is 14.5 Å². The summed E-state index contributed by atoms with van der Waals surface area (Å²) in [5.74, 6) is -0.0305. The van der Waals surface area contributed by atoms with Crippen LogP contribution in [-0.4, -0.2) is 36.3 Å². The fourth-order valence-electron chi connectivity index (χ4n) is 4.05. The molecule has 0 aliphatic carbocycles. The molecule has 11 heteroatoms. The molecule has 0 saturated heterocycles. The minimum atomic E-state index is -3.83. The van der Waals surface area contributed by atoms with Gasteiger partial charge in [-0.1, -0.05) is 0 Å². The molecule has 1 amide bonds. The second kappa shape index (κ2) is 8.62. The van der Waals surface area contributed by atoms with E-state index in [-0.39, 0.29) is 5.75 Å². The van der Waals surface area contributed by atoms with Gasteiger partial charge < -0.3 is 19.7 Å². The molecule has 0 fully saturated rings. The number of carbonyl (C=O) groups excluding carboxylic acids is 1. The van der Waals surface area contributed by atoms with Crippen molar-refractivity contribution in [3.8, 4) is 17.0 Å². The Morgan fingerprint density at radius 2 is 2.03 bits per heavy atom. The van der Waals surface area contributed by atoms with E-state index in [1.165, 1.54) is 24.3 Å². The zero-order chi connectivity index (χ0) is 23.9. The molecular weight excluding hydrogens is 468 g/mol. The summed E-state index contributed by atoms with van der Waals surface area (Å²) in [7, 11) is 0. The molecule has 34 heavy (non-hydrogen) atoms. The van der Waals surface area contributed by atoms with Gasteiger partial charge in [0.05, 0.1) is 16.7 Å². The number of carbonyl (C=O) groups is 1. The number of benzene rings is 2. The predicted molar refractivity (Wildman–Crippen MR) is 121 cm³/mol. The molecule has 1 aliphatic heterocycles. The number of aliphatic hydroxyl groups is 1. The lowest BCUT2D eigenvalue weighted by molar-refractivity contribution is -0.0964. The Kier molecular flexibility index (Phi) is 5.62. The maximum Gasteiger partial charge on any atom is 0.487 e. The third-order valence-electron chi connectivity index (χ3n) is 5.48. The van der Waals surface area contributed by atoms with E-state index in [1.807, 2.05) is 4.57 Å². The molecule has 0 saturated carbocycles. The lowest BCUT2D eigenvalue weighted by atomic mass is 10.0. The minimum absolute atomic E-state index is 0.147. The van der Waals surface area contributed by atoms with Gasteiger partial charge in [0.15, 0.2) is 0 Å². The van der Waals surface area contributed by atoms with E-state index in [0.29, 0.717) is 46.8 Å². The summed E-state index contributed by atoms with van der Waals surface area (Å²) in [5.41, 5.74) is -0.591. The molecule has 2 aromatic carbocycles. The van der Waals surface area contributed by atoms with Crippen LogP contribution in [0, 0.1) is 0 Å². The highest BCUT2D eigenvalue weighted by atomic mass is 35.5. The van der Waals surface area contributed by atoms with Crippen LogP contribution in [0.5, 0.6) is 5.75 Å². The Labute approximate surface area is 197 Å². The van der Waals surface area contributed by atoms with E-state index >= 15 is 0 Å². The fraction of sp³-hybridized carbons (Fsp3) is 0.217. The summed E-state index contributed by atoms with van der Waals surface area (Å²) in [5, 5.41) is 21.3. The molecule has 3 heterocycles. The highest BCUT2D eigenvalue weighted by molar-refractivity contribution is 6.20. The number of imidazole rings is 1. The van der Waals surface area contributed by atoms with Crippen molar-refractivity contribution >= 4 is 34.2 Å². The van der Waals surface area contributed by atoms with Gasteiger partial charge in [0.2, 0.25) is 0 Å². The minimum Gasteiger partial charge on any atom is -0.420 e. The SMILES string of the molecule is O=C(Nc1ccc(OC(F)(F)Cl)cc1)c1cc(-c2cccnn2)c2c(c1)nc1n2CCCC1O. The van der Waals surface area contributed by atoms with Crippen molar-refractivity contribution in [2.24, 2.45) is 0 Å². The Morgan fingerprint density at radius 1 is 1.24 bits per heavy atom. The Bertz CT molecular complexity index is 1360. The normalized spacial score (nSPS) is 15.7. The largest absolute Gasteiger partial charge is 0.487 e. The molecule has 4 aromatic rings. The summed E-state index contributed by atoms with van der Waals surface area (Å²) in [6.07, 6.45) is 2.29. The Morgan fingerprint density at radius 3 is 2.74 bits per heavy atom. The molecule has 0 radical (unpaired) electrons. The van der Waals surface area contributed by atoms with E-state index in [9.17, 15) is 18.7 Å². The highest BCUT2D eigenvalue weighted by Crippen LogP contribution is 2.35. The molecule has 1 aliphatic rings. The number of aromatic nitrogens is 4. The topological polar surface area (TPSA) is 102 Å². The van der Waals surface area contributed by atoms with Gasteiger partial charge in [-0.3, -0.25) is 4.79 Å². The van der Waals surface area contributed by atoms with E-state index < -0.39 is 17.6 Å². The van der Waals surface area contributed by atoms with Gasteiger partial charge in [0, 0.05) is 41.2 Å². The van der Waals surface area contributed by atoms with Crippen LogP contribution in [0.3, 0.4) is 0 Å². The maximum atomic E-state index is 13.1. The standard InChI is InChI=1S/C23H18ClF2N5O3/c24-23(25,26)34-15-7-5-14(6-8-15)28-22(33)13-11-16(17-3-1-9-27-30-17)20-18(12-13)29-21-19(32)4-2-10-31(20)21/h1,3,5-9,11-12,19,32H,2,4,10H2,(H,28,33). The lowest BCUT2D eigenvalue weighted by Crippen LogP contribution is -2.16. The molecule has 0 bridgehead atoms. The number of aliphatic hydroxyl groups excluding tert-OH is 1. The van der Waals surface area contributed by atoms with Crippen molar-refractivity contribution in [1.82, 2.24) is 19.7 Å². The van der Waals surface area contributed by atoms with Gasteiger partial charge in [0.25, 0.3) is 5.91 Å². The first-order valence-electron chi connectivity index (χ1n) is 10.5. The van der Waals surface area contributed by atoms with Gasteiger partial charge in [0.1, 0.15) is 17.7 Å². The number of hydrogen-bond acceptors (Lipinski definition) is 6. The van der Waals surface area contributed by atoms with E-state index in [2.05, 4.69) is 25.2 Å². The molecule has 2 N–H and O–H groups in total. The molecule has 8 nitrogen and oxygen atoms in total. The summed E-state index contributed by atoms with van der Waals surface area (Å²) in [4.78, 5) is 17.7. The molecule has 174 valence electrons. The number of fused-ring (bicyclic) bond motifs is 3. The lowest BCUT2D eigenvalue weighted by Gasteiger charge is -2.20. The molecular formula is C23H18ClF2N5O3. The van der Waals surface area contributed by atoms with Crippen LogP contribution >= 0.6 is 11.6 Å². The number of ether oxygens (including phenoxy) is 1. The van der Waals surface area contributed by atoms with E-state index in [1.54, 1.807) is 30.5 Å². The number of anilines is 1. The molecule has 1 atom stereocenters. The fourth-order valence-corrected chi connectivity index (χ4v) is 4.14. The summed E-state index contributed by atoms with van der Waals surface area (Å²) in [6, 6.07) is 12.3. The summed E-state index contributed by atoms with van der Waals surface area (Å²) < 4.78 is 31.8. The van der Waals surface area contributed by atoms with Crippen LogP contribution < -0.4 is 10.1 Å². The van der Waals surface area contributed by atoms with Gasteiger partial charge in [-0.05, 0) is 61.4 Å². The van der Waals surface area contributed by atoms with Crippen molar-refractivity contribution in [2.75, 3.05) is 5.32 Å². The van der Waals surface area contributed by atoms with Gasteiger partial charge in [-0.2, -0.15) is 10.2 Å². The third-order valence-corrected chi connectivity index (χ3v) is 5.56. The maximum absolute atomic E-state index is 13.1. The number of nitrogens with one attached hydrogen (secondary N) is 1. The second-order valence-corrected chi connectivity index (χ2v) is 8.25. The first kappa shape index (κ1) is 22.2. The number of halogens is 3. The van der Waals surface area contributed by atoms with Crippen molar-refractivity contribution in [1.29, 1.82) is 0 Å². The van der Waals surface area contributed by atoms with Gasteiger partial charge in [-0.25, -0.2) is 4.98 Å². The average molecular weight is 486 g/mol. The van der Waals surface area contributed by atoms with Crippen LogP contribution in [0.2, 0.25) is 0 Å². The zero-order valence-electron chi connectivity index (χ0n) is 17.6. The number of hydrogen-bond donors (Lipinski definition) is 2. The van der Waals surface area contributed by atoms with Crippen molar-refractivity contribution in [3.05, 3.63) is 66.1 Å². The number of rotatable bonds is 5. The van der Waals surface area contributed by atoms with Crippen LogP contribution in [0.25, 0.3) is 22.3 Å². The van der Waals surface area contributed by atoms with Crippen LogP contribution in [-0.2, 0) is 6.54 Å². The Balaban J connectivity index is 1.52. The van der Waals surface area contributed by atoms with Crippen LogP contribution in [0.1, 0.15) is 35.1 Å². The monoisotopic (exact) mass is 485 g/mol. The smallest absolute Gasteiger partial charge is 0.420 e. The first-order chi connectivity index (χ1) is 16.3. The second-order valence-electron chi connectivity index (χ2n) is 7.81. The first-order valence-corrected chi connectivity index (χ1v) is 10.8. The highest BCUT2D eigenvalue weighted by Gasteiger charge is 2.28. The number of amides is 1. The number of aryl methyl sites for hydroxylation is 1. The van der Waals surface area contributed by atoms with Gasteiger partial charge in [-0.15, -0.1) is 8.78 Å². The quantitative estimate of drug-likeness (QED) is 0.396. The Hall–Kier alpha value is -3.63. The summed E-state index contributed by atoms with van der Waals surface area (Å²) >= 11 is 4.77. The predicted octanol–water partition coefficient (Wildman–Crippen LogP) is 4.74. The van der Waals surface area contributed by atoms with Crippen molar-refractivity contribution in [3.63, 3.8) is 0 Å². The van der Waals surface area contributed by atoms with E-state index in [4.69, 9.17) is 11.6 Å². The molecule has 0 spiro atoms. The van der Waals surface area contributed by atoms with E-state index in [0.717, 1.165) is 11.9 Å². The van der Waals surface area contributed by atoms with Crippen LogP contribution in [0.15, 0.2) is 54.7 Å². The molecule has 2 aromatic heterocycles. The number of nitrogens with zero attached hydrogens (tertiary/aromatic N) is 4. The van der Waals surface area contributed by atoms with Crippen molar-refractivity contribution in [2.45, 2.75) is 31.1 Å².